The Bertz CT molecular complexity index is 866. The molecule has 7 nitrogen and oxygen atoms in total. The number of rotatable bonds is 11. The highest BCUT2D eigenvalue weighted by Gasteiger charge is 2.39. The van der Waals surface area contributed by atoms with Gasteiger partial charge in [-0.3, -0.25) is 9.59 Å². The third-order valence-electron chi connectivity index (χ3n) is 6.66. The number of ether oxygens (including phenoxy) is 1. The first kappa shape index (κ1) is 31.0. The second-order valence-electron chi connectivity index (χ2n) is 11.6. The van der Waals surface area contributed by atoms with Crippen LogP contribution in [0.25, 0.3) is 0 Å². The molecular weight excluding hydrogens is 486 g/mol. The van der Waals surface area contributed by atoms with Crippen molar-refractivity contribution in [3.8, 4) is 0 Å². The largest absolute Gasteiger partial charge is 0.444 e. The van der Waals surface area contributed by atoms with Gasteiger partial charge in [0.15, 0.2) is 0 Å². The Morgan fingerprint density at radius 1 is 1.03 bits per heavy atom. The highest BCUT2D eigenvalue weighted by Crippen LogP contribution is 2.28. The van der Waals surface area contributed by atoms with Crippen LogP contribution >= 0.6 is 12.6 Å². The highest BCUT2D eigenvalue weighted by atomic mass is 32.1. The predicted octanol–water partition coefficient (Wildman–Crippen LogP) is 5.65. The Kier molecular flexibility index (Phi) is 12.3. The van der Waals surface area contributed by atoms with Gasteiger partial charge >= 0.3 is 6.09 Å². The molecule has 1 aromatic rings. The molecule has 0 aliphatic heterocycles. The van der Waals surface area contributed by atoms with E-state index in [0.29, 0.717) is 5.92 Å². The van der Waals surface area contributed by atoms with Crippen LogP contribution in [0.2, 0.25) is 0 Å². The van der Waals surface area contributed by atoms with E-state index in [1.807, 2.05) is 37.3 Å². The fourth-order valence-electron chi connectivity index (χ4n) is 4.73. The molecule has 2 rings (SSSR count). The molecule has 3 atom stereocenters. The molecule has 1 aromatic carbocycles. The minimum absolute atomic E-state index is 0.0806. The maximum absolute atomic E-state index is 14.1. The first-order valence-electron chi connectivity index (χ1n) is 13.7. The van der Waals surface area contributed by atoms with Gasteiger partial charge in [-0.2, -0.15) is 12.6 Å². The van der Waals surface area contributed by atoms with Gasteiger partial charge in [0.25, 0.3) is 0 Å². The smallest absolute Gasteiger partial charge is 0.408 e. The molecule has 0 heterocycles. The molecule has 37 heavy (non-hydrogen) atoms. The van der Waals surface area contributed by atoms with E-state index >= 15 is 0 Å². The summed E-state index contributed by atoms with van der Waals surface area (Å²) < 4.78 is 5.40. The molecule has 3 amide bonds. The second kappa shape index (κ2) is 14.6. The van der Waals surface area contributed by atoms with Crippen molar-refractivity contribution in [2.24, 2.45) is 5.92 Å². The van der Waals surface area contributed by atoms with Crippen LogP contribution < -0.4 is 10.6 Å². The number of nitrogens with one attached hydrogen (secondary N) is 2. The number of thiol groups is 1. The maximum Gasteiger partial charge on any atom is 0.408 e. The van der Waals surface area contributed by atoms with E-state index in [0.717, 1.165) is 44.1 Å². The number of amides is 3. The number of carbonyl (C=O) groups is 3. The van der Waals surface area contributed by atoms with Crippen LogP contribution in [-0.4, -0.2) is 52.3 Å². The van der Waals surface area contributed by atoms with E-state index in [9.17, 15) is 14.4 Å². The fraction of sp³-hybridized carbons (Fsp3) is 0.690. The van der Waals surface area contributed by atoms with Gasteiger partial charge in [-0.15, -0.1) is 0 Å². The molecule has 8 heteroatoms. The lowest BCUT2D eigenvalue weighted by molar-refractivity contribution is -0.145. The van der Waals surface area contributed by atoms with Crippen molar-refractivity contribution in [1.29, 1.82) is 0 Å². The summed E-state index contributed by atoms with van der Waals surface area (Å²) in [5.41, 5.74) is 0.0427. The number of hydrogen-bond acceptors (Lipinski definition) is 5. The van der Waals surface area contributed by atoms with Gasteiger partial charge in [-0.1, -0.05) is 63.4 Å². The average Bonchev–Trinajstić information content (AvgIpc) is 2.83. The molecule has 2 N–H and O–H groups in total. The lowest BCUT2D eigenvalue weighted by atomic mass is 9.94. The molecule has 1 saturated carbocycles. The van der Waals surface area contributed by atoms with Crippen molar-refractivity contribution in [3.05, 3.63) is 35.9 Å². The van der Waals surface area contributed by atoms with Gasteiger partial charge < -0.3 is 20.3 Å². The van der Waals surface area contributed by atoms with E-state index in [2.05, 4.69) is 37.1 Å². The zero-order chi connectivity index (χ0) is 27.6. The number of nitrogens with zero attached hydrogens (tertiary/aromatic N) is 1. The summed E-state index contributed by atoms with van der Waals surface area (Å²) in [6.07, 6.45) is 6.22. The molecule has 1 aliphatic carbocycles. The van der Waals surface area contributed by atoms with Crippen molar-refractivity contribution < 1.29 is 19.1 Å². The molecule has 208 valence electrons. The molecule has 0 bridgehead atoms. The Morgan fingerprint density at radius 3 is 2.19 bits per heavy atom. The summed E-state index contributed by atoms with van der Waals surface area (Å²) in [6.45, 7) is 11.6. The van der Waals surface area contributed by atoms with E-state index < -0.39 is 23.8 Å². The summed E-state index contributed by atoms with van der Waals surface area (Å²) in [7, 11) is 0. The Labute approximate surface area is 228 Å². The lowest BCUT2D eigenvalue weighted by Gasteiger charge is -2.39. The van der Waals surface area contributed by atoms with Crippen LogP contribution in [0.1, 0.15) is 98.1 Å². The quantitative estimate of drug-likeness (QED) is 0.321. The van der Waals surface area contributed by atoms with Gasteiger partial charge in [0.1, 0.15) is 17.7 Å². The molecule has 0 aromatic heterocycles. The molecule has 0 saturated heterocycles. The average molecular weight is 534 g/mol. The third kappa shape index (κ3) is 10.2. The summed E-state index contributed by atoms with van der Waals surface area (Å²) in [4.78, 5) is 42.2. The van der Waals surface area contributed by atoms with Gasteiger partial charge in [0, 0.05) is 17.8 Å². The number of hydrogen-bond donors (Lipinski definition) is 3. The molecule has 3 unspecified atom stereocenters. The Hall–Kier alpha value is -2.22. The minimum Gasteiger partial charge on any atom is -0.444 e. The van der Waals surface area contributed by atoms with Crippen LogP contribution in [0.4, 0.5) is 4.79 Å². The van der Waals surface area contributed by atoms with E-state index in [1.165, 1.54) is 6.42 Å². The predicted molar refractivity (Wildman–Crippen MR) is 152 cm³/mol. The van der Waals surface area contributed by atoms with Crippen molar-refractivity contribution in [1.82, 2.24) is 15.5 Å². The summed E-state index contributed by atoms with van der Waals surface area (Å²) in [6, 6.07) is 7.55. The molecular formula is C29H47N3O4S. The van der Waals surface area contributed by atoms with Crippen molar-refractivity contribution in [3.63, 3.8) is 0 Å². The molecule has 1 aliphatic rings. The summed E-state index contributed by atoms with van der Waals surface area (Å²) >= 11 is 4.38. The number of benzene rings is 1. The van der Waals surface area contributed by atoms with Crippen molar-refractivity contribution in [2.75, 3.05) is 5.75 Å². The van der Waals surface area contributed by atoms with Crippen LogP contribution in [0, 0.1) is 5.92 Å². The topological polar surface area (TPSA) is 87.7 Å². The van der Waals surface area contributed by atoms with Crippen molar-refractivity contribution in [2.45, 2.75) is 116 Å². The second-order valence-corrected chi connectivity index (χ2v) is 12.0. The zero-order valence-electron chi connectivity index (χ0n) is 23.5. The summed E-state index contributed by atoms with van der Waals surface area (Å²) in [5.74, 6) is 0.00558. The van der Waals surface area contributed by atoms with Crippen LogP contribution in [0.3, 0.4) is 0 Å². The van der Waals surface area contributed by atoms with E-state index in [4.69, 9.17) is 4.74 Å². The Morgan fingerprint density at radius 2 is 1.65 bits per heavy atom. The van der Waals surface area contributed by atoms with Gasteiger partial charge in [-0.05, 0) is 64.9 Å². The number of carbonyl (C=O) groups excluding carboxylic acids is 3. The normalized spacial score (nSPS) is 17.0. The van der Waals surface area contributed by atoms with E-state index in [1.54, 1.807) is 25.7 Å². The van der Waals surface area contributed by atoms with Crippen LogP contribution in [0.5, 0.6) is 0 Å². The van der Waals surface area contributed by atoms with Gasteiger partial charge in [-0.25, -0.2) is 4.79 Å². The van der Waals surface area contributed by atoms with Crippen LogP contribution in [-0.2, 0) is 14.3 Å². The highest BCUT2D eigenvalue weighted by molar-refractivity contribution is 7.80. The minimum atomic E-state index is -0.937. The Balaban J connectivity index is 2.43. The van der Waals surface area contributed by atoms with Crippen LogP contribution in [0.15, 0.2) is 30.3 Å². The first-order chi connectivity index (χ1) is 17.4. The summed E-state index contributed by atoms with van der Waals surface area (Å²) in [5, 5.41) is 5.93. The molecule has 1 fully saturated rings. The SMILES string of the molecule is CC(C)CCC(C)N(C(=O)C(CS)NC(=O)OC(C)(C)C)C(C(=O)NC1CCCCC1)c1ccccc1. The fourth-order valence-corrected chi connectivity index (χ4v) is 4.98. The van der Waals surface area contributed by atoms with E-state index in [-0.39, 0.29) is 29.7 Å². The lowest BCUT2D eigenvalue weighted by Crippen LogP contribution is -2.57. The monoisotopic (exact) mass is 533 g/mol. The third-order valence-corrected chi connectivity index (χ3v) is 7.02. The standard InChI is InChI=1S/C29H47N3O4S/c1-20(2)17-18-21(3)32(27(34)24(19-37)31-28(35)36-29(4,5)6)25(22-13-9-7-10-14-22)26(33)30-23-15-11-8-12-16-23/h7,9-10,13-14,20-21,23-25,37H,8,11-12,15-19H2,1-6H3,(H,30,33)(H,31,35). The number of alkyl carbamates (subject to hydrolysis) is 1. The first-order valence-corrected chi connectivity index (χ1v) is 14.3. The maximum atomic E-state index is 14.1. The molecule has 0 spiro atoms. The zero-order valence-corrected chi connectivity index (χ0v) is 24.4. The van der Waals surface area contributed by atoms with Gasteiger partial charge in [0.05, 0.1) is 0 Å². The van der Waals surface area contributed by atoms with Crippen molar-refractivity contribution >= 4 is 30.5 Å². The van der Waals surface area contributed by atoms with Gasteiger partial charge in [0.2, 0.25) is 11.8 Å². The molecule has 0 radical (unpaired) electrons.